The SMILES string of the molecule is COc1ccc(C(O)=C2C(=O)C(=O)N(CCc3ccccc3)C2c2cccnc2)cc1. The van der Waals surface area contributed by atoms with Gasteiger partial charge in [0.05, 0.1) is 18.7 Å². The summed E-state index contributed by atoms with van der Waals surface area (Å²) in [4.78, 5) is 31.6. The largest absolute Gasteiger partial charge is 0.507 e. The molecule has 3 aromatic rings. The van der Waals surface area contributed by atoms with Crippen molar-refractivity contribution in [2.75, 3.05) is 13.7 Å². The third-order valence-corrected chi connectivity index (χ3v) is 5.39. The second kappa shape index (κ2) is 8.83. The minimum absolute atomic E-state index is 0.0660. The highest BCUT2D eigenvalue weighted by molar-refractivity contribution is 6.46. The first-order chi connectivity index (χ1) is 15.1. The number of likely N-dealkylation sites (tertiary alicyclic amines) is 1. The molecule has 6 heteroatoms. The number of carbonyl (C=O) groups is 2. The van der Waals surface area contributed by atoms with Gasteiger partial charge in [0, 0.05) is 24.5 Å². The second-order valence-electron chi connectivity index (χ2n) is 7.24. The van der Waals surface area contributed by atoms with E-state index in [0.29, 0.717) is 29.8 Å². The van der Waals surface area contributed by atoms with Crippen LogP contribution >= 0.6 is 0 Å². The Morgan fingerprint density at radius 3 is 2.42 bits per heavy atom. The molecule has 156 valence electrons. The van der Waals surface area contributed by atoms with Crippen molar-refractivity contribution in [3.8, 4) is 5.75 Å². The molecule has 0 bridgehead atoms. The summed E-state index contributed by atoms with van der Waals surface area (Å²) in [6.07, 6.45) is 3.84. The summed E-state index contributed by atoms with van der Waals surface area (Å²) in [6, 6.07) is 19.3. The Morgan fingerprint density at radius 1 is 1.03 bits per heavy atom. The summed E-state index contributed by atoms with van der Waals surface area (Å²) in [7, 11) is 1.55. The van der Waals surface area contributed by atoms with Crippen LogP contribution in [0.3, 0.4) is 0 Å². The zero-order valence-corrected chi connectivity index (χ0v) is 17.1. The average molecular weight is 414 g/mol. The van der Waals surface area contributed by atoms with Gasteiger partial charge in [-0.1, -0.05) is 36.4 Å². The topological polar surface area (TPSA) is 79.7 Å². The van der Waals surface area contributed by atoms with E-state index in [1.807, 2.05) is 30.3 Å². The highest BCUT2D eigenvalue weighted by Crippen LogP contribution is 2.39. The molecule has 0 spiro atoms. The number of aliphatic hydroxyl groups is 1. The molecule has 2 aromatic carbocycles. The average Bonchev–Trinajstić information content (AvgIpc) is 3.08. The second-order valence-corrected chi connectivity index (χ2v) is 7.24. The van der Waals surface area contributed by atoms with E-state index in [2.05, 4.69) is 4.98 Å². The molecule has 0 aliphatic carbocycles. The van der Waals surface area contributed by atoms with E-state index in [0.717, 1.165) is 5.56 Å². The number of amides is 1. The van der Waals surface area contributed by atoms with Crippen molar-refractivity contribution >= 4 is 17.4 Å². The molecule has 2 heterocycles. The van der Waals surface area contributed by atoms with Gasteiger partial charge in [0.2, 0.25) is 0 Å². The highest BCUT2D eigenvalue weighted by atomic mass is 16.5. The predicted octanol–water partition coefficient (Wildman–Crippen LogP) is 3.75. The van der Waals surface area contributed by atoms with Crippen LogP contribution in [0.15, 0.2) is 84.7 Å². The van der Waals surface area contributed by atoms with Gasteiger partial charge in [0.25, 0.3) is 11.7 Å². The number of hydrogen-bond donors (Lipinski definition) is 1. The van der Waals surface area contributed by atoms with Crippen LogP contribution in [0.1, 0.15) is 22.7 Å². The van der Waals surface area contributed by atoms with Gasteiger partial charge in [0.15, 0.2) is 0 Å². The van der Waals surface area contributed by atoms with Crippen molar-refractivity contribution < 1.29 is 19.4 Å². The lowest BCUT2D eigenvalue weighted by Crippen LogP contribution is -2.31. The third kappa shape index (κ3) is 4.05. The number of carbonyl (C=O) groups excluding carboxylic acids is 2. The van der Waals surface area contributed by atoms with Crippen LogP contribution in [0.2, 0.25) is 0 Å². The van der Waals surface area contributed by atoms with E-state index < -0.39 is 17.7 Å². The van der Waals surface area contributed by atoms with Gasteiger partial charge < -0.3 is 14.7 Å². The Kier molecular flexibility index (Phi) is 5.80. The number of pyridine rings is 1. The Bertz CT molecular complexity index is 1110. The molecule has 1 aliphatic rings. The summed E-state index contributed by atoms with van der Waals surface area (Å²) < 4.78 is 5.16. The lowest BCUT2D eigenvalue weighted by molar-refractivity contribution is -0.139. The van der Waals surface area contributed by atoms with Crippen LogP contribution in [0.4, 0.5) is 0 Å². The van der Waals surface area contributed by atoms with Crippen molar-refractivity contribution in [1.29, 1.82) is 0 Å². The molecular weight excluding hydrogens is 392 g/mol. The fourth-order valence-corrected chi connectivity index (χ4v) is 3.79. The molecule has 1 aliphatic heterocycles. The Hall–Kier alpha value is -3.93. The number of nitrogens with zero attached hydrogens (tertiary/aromatic N) is 2. The number of aromatic nitrogens is 1. The van der Waals surface area contributed by atoms with Crippen molar-refractivity contribution in [2.24, 2.45) is 0 Å². The molecule has 4 rings (SSSR count). The van der Waals surface area contributed by atoms with Crippen molar-refractivity contribution in [3.63, 3.8) is 0 Å². The number of benzene rings is 2. The van der Waals surface area contributed by atoms with Crippen LogP contribution in [0.25, 0.3) is 5.76 Å². The van der Waals surface area contributed by atoms with E-state index in [4.69, 9.17) is 4.74 Å². The Labute approximate surface area is 180 Å². The summed E-state index contributed by atoms with van der Waals surface area (Å²) in [5, 5.41) is 11.0. The smallest absolute Gasteiger partial charge is 0.295 e. The molecule has 1 N–H and O–H groups in total. The summed E-state index contributed by atoms with van der Waals surface area (Å²) in [5.74, 6) is -0.907. The normalized spacial score (nSPS) is 17.7. The molecule has 1 unspecified atom stereocenters. The fourth-order valence-electron chi connectivity index (χ4n) is 3.79. The quantitative estimate of drug-likeness (QED) is 0.377. The maximum Gasteiger partial charge on any atom is 0.295 e. The molecule has 31 heavy (non-hydrogen) atoms. The van der Waals surface area contributed by atoms with E-state index >= 15 is 0 Å². The minimum atomic E-state index is -0.709. The first-order valence-corrected chi connectivity index (χ1v) is 9.97. The lowest BCUT2D eigenvalue weighted by Gasteiger charge is -2.25. The highest BCUT2D eigenvalue weighted by Gasteiger charge is 2.45. The third-order valence-electron chi connectivity index (χ3n) is 5.39. The van der Waals surface area contributed by atoms with E-state index in [9.17, 15) is 14.7 Å². The van der Waals surface area contributed by atoms with Crippen molar-refractivity contribution in [3.05, 3.63) is 101 Å². The maximum absolute atomic E-state index is 13.0. The zero-order chi connectivity index (χ0) is 21.8. The van der Waals surface area contributed by atoms with Gasteiger partial charge in [-0.25, -0.2) is 0 Å². The molecule has 1 aromatic heterocycles. The molecule has 1 saturated heterocycles. The standard InChI is InChI=1S/C25H22N2O4/c1-31-20-11-9-18(10-12-20)23(28)21-22(19-8-5-14-26-16-19)27(25(30)24(21)29)15-13-17-6-3-2-4-7-17/h2-12,14,16,22,28H,13,15H2,1H3. The zero-order valence-electron chi connectivity index (χ0n) is 17.1. The minimum Gasteiger partial charge on any atom is -0.507 e. The van der Waals surface area contributed by atoms with E-state index in [-0.39, 0.29) is 11.3 Å². The first-order valence-electron chi connectivity index (χ1n) is 9.97. The number of ketones is 1. The van der Waals surface area contributed by atoms with E-state index in [1.54, 1.807) is 55.9 Å². The van der Waals surface area contributed by atoms with Crippen LogP contribution in [-0.2, 0) is 16.0 Å². The lowest BCUT2D eigenvalue weighted by atomic mass is 9.96. The van der Waals surface area contributed by atoms with Gasteiger partial charge in [-0.15, -0.1) is 0 Å². The summed E-state index contributed by atoms with van der Waals surface area (Å²) in [5.41, 5.74) is 2.24. The van der Waals surface area contributed by atoms with Crippen molar-refractivity contribution in [2.45, 2.75) is 12.5 Å². The number of hydrogen-bond acceptors (Lipinski definition) is 5. The molecular formula is C25H22N2O4. The molecule has 1 amide bonds. The van der Waals surface area contributed by atoms with Gasteiger partial charge >= 0.3 is 0 Å². The Morgan fingerprint density at radius 2 is 1.77 bits per heavy atom. The monoisotopic (exact) mass is 414 g/mol. The van der Waals surface area contributed by atoms with Crippen LogP contribution in [-0.4, -0.2) is 40.3 Å². The predicted molar refractivity (Wildman–Crippen MR) is 116 cm³/mol. The number of rotatable bonds is 6. The van der Waals surface area contributed by atoms with Gasteiger partial charge in [-0.2, -0.15) is 0 Å². The maximum atomic E-state index is 13.0. The van der Waals surface area contributed by atoms with Gasteiger partial charge in [-0.3, -0.25) is 14.6 Å². The number of ether oxygens (including phenoxy) is 1. The first kappa shape index (κ1) is 20.3. The molecule has 0 radical (unpaired) electrons. The van der Waals surface area contributed by atoms with Crippen LogP contribution in [0, 0.1) is 0 Å². The van der Waals surface area contributed by atoms with E-state index in [1.165, 1.54) is 4.90 Å². The van der Waals surface area contributed by atoms with Gasteiger partial charge in [0.1, 0.15) is 11.5 Å². The fraction of sp³-hybridized carbons (Fsp3) is 0.160. The number of Topliss-reactive ketones (excluding diaryl/α,β-unsaturated/α-hetero) is 1. The Balaban J connectivity index is 1.75. The number of methoxy groups -OCH3 is 1. The number of aliphatic hydroxyl groups excluding tert-OH is 1. The van der Waals surface area contributed by atoms with Crippen LogP contribution < -0.4 is 4.74 Å². The summed E-state index contributed by atoms with van der Waals surface area (Å²) >= 11 is 0. The molecule has 1 fully saturated rings. The van der Waals surface area contributed by atoms with Crippen molar-refractivity contribution in [1.82, 2.24) is 9.88 Å². The van der Waals surface area contributed by atoms with Gasteiger partial charge in [-0.05, 0) is 47.9 Å². The molecule has 0 saturated carbocycles. The molecule has 6 nitrogen and oxygen atoms in total. The molecule has 1 atom stereocenters. The summed E-state index contributed by atoms with van der Waals surface area (Å²) in [6.45, 7) is 0.341. The van der Waals surface area contributed by atoms with Crippen LogP contribution in [0.5, 0.6) is 5.75 Å².